The van der Waals surface area contributed by atoms with Gasteiger partial charge in [-0.05, 0) is 36.8 Å². The molecule has 4 heteroatoms. The molecule has 0 bridgehead atoms. The summed E-state index contributed by atoms with van der Waals surface area (Å²) >= 11 is 5.94. The van der Waals surface area contributed by atoms with Crippen LogP contribution in [-0.4, -0.2) is 4.98 Å². The molecule has 0 saturated heterocycles. The Hall–Kier alpha value is -1.45. The van der Waals surface area contributed by atoms with Gasteiger partial charge in [0.05, 0.1) is 5.69 Å². The number of pyridine rings is 1. The van der Waals surface area contributed by atoms with Crippen LogP contribution in [0.25, 0.3) is 0 Å². The Balaban J connectivity index is 1.92. The topological polar surface area (TPSA) is 24.9 Å². The summed E-state index contributed by atoms with van der Waals surface area (Å²) in [5.74, 6) is -0.316. The lowest BCUT2D eigenvalue weighted by Gasteiger charge is -2.07. The van der Waals surface area contributed by atoms with E-state index >= 15 is 0 Å². The first-order valence-electron chi connectivity index (χ1n) is 5.72. The van der Waals surface area contributed by atoms with Gasteiger partial charge in [0, 0.05) is 23.8 Å². The van der Waals surface area contributed by atoms with Crippen LogP contribution in [-0.2, 0) is 13.1 Å². The second kappa shape index (κ2) is 5.94. The zero-order valence-electron chi connectivity index (χ0n) is 10.1. The monoisotopic (exact) mass is 264 g/mol. The number of nitrogens with zero attached hydrogens (tertiary/aromatic N) is 1. The summed E-state index contributed by atoms with van der Waals surface area (Å²) in [5, 5.41) is 3.68. The van der Waals surface area contributed by atoms with E-state index < -0.39 is 0 Å². The van der Waals surface area contributed by atoms with Crippen molar-refractivity contribution in [3.8, 4) is 0 Å². The van der Waals surface area contributed by atoms with E-state index in [1.54, 1.807) is 6.07 Å². The average molecular weight is 265 g/mol. The highest BCUT2D eigenvalue weighted by atomic mass is 35.5. The van der Waals surface area contributed by atoms with Gasteiger partial charge in [-0.25, -0.2) is 4.39 Å². The van der Waals surface area contributed by atoms with Crippen LogP contribution in [0, 0.1) is 12.7 Å². The molecule has 94 valence electrons. The number of hydrogen-bond donors (Lipinski definition) is 1. The van der Waals surface area contributed by atoms with Crippen molar-refractivity contribution in [3.05, 3.63) is 64.2 Å². The molecule has 0 aliphatic carbocycles. The van der Waals surface area contributed by atoms with Crippen molar-refractivity contribution in [1.82, 2.24) is 10.3 Å². The molecule has 0 atom stereocenters. The maximum atomic E-state index is 12.9. The quantitative estimate of drug-likeness (QED) is 0.915. The van der Waals surface area contributed by atoms with Crippen molar-refractivity contribution in [3.63, 3.8) is 0 Å². The zero-order chi connectivity index (χ0) is 13.0. The first-order valence-corrected chi connectivity index (χ1v) is 6.10. The highest BCUT2D eigenvalue weighted by Crippen LogP contribution is 2.16. The fourth-order valence-corrected chi connectivity index (χ4v) is 1.92. The van der Waals surface area contributed by atoms with Crippen LogP contribution < -0.4 is 5.32 Å². The van der Waals surface area contributed by atoms with Crippen LogP contribution in [0.1, 0.15) is 17.0 Å². The van der Waals surface area contributed by atoms with Gasteiger partial charge in [-0.15, -0.1) is 0 Å². The predicted octanol–water partition coefficient (Wildman–Crippen LogP) is 3.47. The van der Waals surface area contributed by atoms with Crippen LogP contribution in [0.5, 0.6) is 0 Å². The molecule has 0 unspecified atom stereocenters. The van der Waals surface area contributed by atoms with E-state index in [4.69, 9.17) is 11.6 Å². The van der Waals surface area contributed by atoms with Crippen molar-refractivity contribution in [2.24, 2.45) is 0 Å². The number of benzene rings is 1. The van der Waals surface area contributed by atoms with Crippen molar-refractivity contribution in [2.75, 3.05) is 0 Å². The van der Waals surface area contributed by atoms with Crippen molar-refractivity contribution < 1.29 is 4.39 Å². The molecule has 0 amide bonds. The molecule has 2 rings (SSSR count). The highest BCUT2D eigenvalue weighted by molar-refractivity contribution is 6.31. The van der Waals surface area contributed by atoms with Gasteiger partial charge in [-0.2, -0.15) is 0 Å². The highest BCUT2D eigenvalue weighted by Gasteiger charge is 2.02. The van der Waals surface area contributed by atoms with Gasteiger partial charge in [0.2, 0.25) is 0 Å². The van der Waals surface area contributed by atoms with Crippen molar-refractivity contribution in [2.45, 2.75) is 20.0 Å². The number of nitrogens with one attached hydrogen (secondary N) is 1. The zero-order valence-corrected chi connectivity index (χ0v) is 10.8. The SMILES string of the molecule is Cc1cccc(CNCc2ccc(F)cc2Cl)n1. The second-order valence-electron chi connectivity index (χ2n) is 4.11. The molecule has 0 radical (unpaired) electrons. The van der Waals surface area contributed by atoms with Gasteiger partial charge in [0.1, 0.15) is 5.82 Å². The maximum absolute atomic E-state index is 12.9. The number of halogens is 2. The van der Waals surface area contributed by atoms with Crippen LogP contribution in [0.3, 0.4) is 0 Å². The molecule has 0 fully saturated rings. The van der Waals surface area contributed by atoms with Gasteiger partial charge in [-0.1, -0.05) is 23.7 Å². The molecule has 0 aliphatic heterocycles. The Morgan fingerprint density at radius 3 is 2.78 bits per heavy atom. The van der Waals surface area contributed by atoms with Gasteiger partial charge >= 0.3 is 0 Å². The van der Waals surface area contributed by atoms with E-state index in [-0.39, 0.29) is 5.82 Å². The normalized spacial score (nSPS) is 10.6. The minimum Gasteiger partial charge on any atom is -0.307 e. The number of aryl methyl sites for hydroxylation is 1. The third-order valence-corrected chi connectivity index (χ3v) is 2.93. The predicted molar refractivity (Wildman–Crippen MR) is 70.9 cm³/mol. The lowest BCUT2D eigenvalue weighted by atomic mass is 10.2. The number of hydrogen-bond acceptors (Lipinski definition) is 2. The van der Waals surface area contributed by atoms with E-state index in [2.05, 4.69) is 10.3 Å². The molecular weight excluding hydrogens is 251 g/mol. The Bertz CT molecular complexity index is 543. The summed E-state index contributed by atoms with van der Waals surface area (Å²) in [6, 6.07) is 10.3. The second-order valence-corrected chi connectivity index (χ2v) is 4.52. The fourth-order valence-electron chi connectivity index (χ4n) is 1.69. The number of aromatic nitrogens is 1. The largest absolute Gasteiger partial charge is 0.307 e. The molecule has 0 saturated carbocycles. The van der Waals surface area contributed by atoms with Crippen LogP contribution >= 0.6 is 11.6 Å². The Morgan fingerprint density at radius 1 is 1.22 bits per heavy atom. The molecule has 1 N–H and O–H groups in total. The maximum Gasteiger partial charge on any atom is 0.124 e. The van der Waals surface area contributed by atoms with E-state index in [1.807, 2.05) is 25.1 Å². The summed E-state index contributed by atoms with van der Waals surface area (Å²) in [6.45, 7) is 3.21. The van der Waals surface area contributed by atoms with E-state index in [1.165, 1.54) is 12.1 Å². The fraction of sp³-hybridized carbons (Fsp3) is 0.214. The molecule has 1 heterocycles. The average Bonchev–Trinajstić information content (AvgIpc) is 2.32. The summed E-state index contributed by atoms with van der Waals surface area (Å²) in [5.41, 5.74) is 2.85. The molecule has 2 aromatic rings. The lowest BCUT2D eigenvalue weighted by Crippen LogP contribution is -2.14. The molecule has 1 aromatic carbocycles. The molecular formula is C14H14ClFN2. The van der Waals surface area contributed by atoms with Crippen LogP contribution in [0.15, 0.2) is 36.4 Å². The summed E-state index contributed by atoms with van der Waals surface area (Å²) in [4.78, 5) is 4.39. The van der Waals surface area contributed by atoms with E-state index in [0.717, 1.165) is 17.0 Å². The third-order valence-electron chi connectivity index (χ3n) is 2.58. The Labute approximate surface area is 111 Å². The third kappa shape index (κ3) is 3.52. The van der Waals surface area contributed by atoms with E-state index in [9.17, 15) is 4.39 Å². The van der Waals surface area contributed by atoms with Gasteiger partial charge in [0.15, 0.2) is 0 Å². The molecule has 1 aromatic heterocycles. The van der Waals surface area contributed by atoms with Gasteiger partial charge < -0.3 is 5.32 Å². The minimum absolute atomic E-state index is 0.316. The molecule has 2 nitrogen and oxygen atoms in total. The summed E-state index contributed by atoms with van der Waals surface area (Å²) < 4.78 is 12.9. The lowest BCUT2D eigenvalue weighted by molar-refractivity contribution is 0.624. The van der Waals surface area contributed by atoms with Crippen LogP contribution in [0.4, 0.5) is 4.39 Å². The van der Waals surface area contributed by atoms with Gasteiger partial charge in [0.25, 0.3) is 0 Å². The van der Waals surface area contributed by atoms with Crippen molar-refractivity contribution >= 4 is 11.6 Å². The first kappa shape index (κ1) is 13.0. The van der Waals surface area contributed by atoms with E-state index in [0.29, 0.717) is 18.1 Å². The molecule has 0 aliphatic rings. The Kier molecular flexibility index (Phi) is 4.28. The molecule has 0 spiro atoms. The Morgan fingerprint density at radius 2 is 2.06 bits per heavy atom. The standard InChI is InChI=1S/C14H14ClFN2/c1-10-3-2-4-13(18-10)9-17-8-11-5-6-12(16)7-14(11)15/h2-7,17H,8-9H2,1H3. The summed E-state index contributed by atoms with van der Waals surface area (Å²) in [7, 11) is 0. The number of rotatable bonds is 4. The first-order chi connectivity index (χ1) is 8.65. The smallest absolute Gasteiger partial charge is 0.124 e. The van der Waals surface area contributed by atoms with Gasteiger partial charge in [-0.3, -0.25) is 4.98 Å². The molecule has 18 heavy (non-hydrogen) atoms. The summed E-state index contributed by atoms with van der Waals surface area (Å²) in [6.07, 6.45) is 0. The van der Waals surface area contributed by atoms with Crippen molar-refractivity contribution in [1.29, 1.82) is 0 Å². The minimum atomic E-state index is -0.316. The van der Waals surface area contributed by atoms with Crippen LogP contribution in [0.2, 0.25) is 5.02 Å².